The summed E-state index contributed by atoms with van der Waals surface area (Å²) in [6.45, 7) is 4.82. The van der Waals surface area contributed by atoms with Gasteiger partial charge >= 0.3 is 0 Å². The van der Waals surface area contributed by atoms with Crippen molar-refractivity contribution in [3.05, 3.63) is 0 Å². The van der Waals surface area contributed by atoms with Crippen LogP contribution in [-0.2, 0) is 0 Å². The molecule has 0 aromatic carbocycles. The predicted octanol–water partition coefficient (Wildman–Crippen LogP) is 4.07. The Morgan fingerprint density at radius 2 is 1.25 bits per heavy atom. The summed E-state index contributed by atoms with van der Waals surface area (Å²) in [6, 6.07) is 0. The molecule has 2 aliphatic heterocycles. The van der Waals surface area contributed by atoms with Crippen molar-refractivity contribution in [2.45, 2.75) is 36.2 Å². The van der Waals surface area contributed by atoms with E-state index in [0.29, 0.717) is 9.49 Å². The molecule has 0 bridgehead atoms. The van der Waals surface area contributed by atoms with Crippen LogP contribution in [0.1, 0.15) is 26.7 Å². The highest BCUT2D eigenvalue weighted by molar-refractivity contribution is 8.80. The molecule has 0 aliphatic carbocycles. The fraction of sp³-hybridized carbons (Fsp3) is 1.00. The molecule has 0 aromatic heterocycles. The third-order valence-electron chi connectivity index (χ3n) is 2.43. The number of hydrogen-bond donors (Lipinski definition) is 0. The van der Waals surface area contributed by atoms with Crippen LogP contribution in [0.3, 0.4) is 0 Å². The van der Waals surface area contributed by atoms with Crippen LogP contribution >= 0.6 is 43.2 Å². The lowest BCUT2D eigenvalue weighted by molar-refractivity contribution is 0.539. The van der Waals surface area contributed by atoms with Crippen molar-refractivity contribution in [3.63, 3.8) is 0 Å². The molecule has 2 saturated heterocycles. The Morgan fingerprint density at radius 1 is 0.917 bits per heavy atom. The Labute approximate surface area is 90.6 Å². The van der Waals surface area contributed by atoms with E-state index >= 15 is 0 Å². The van der Waals surface area contributed by atoms with E-state index in [2.05, 4.69) is 35.4 Å². The second kappa shape index (κ2) is 3.52. The van der Waals surface area contributed by atoms with Gasteiger partial charge in [0.1, 0.15) is 0 Å². The molecule has 2 unspecified atom stereocenters. The highest BCUT2D eigenvalue weighted by Crippen LogP contribution is 2.57. The molecule has 0 spiro atoms. The normalized spacial score (nSPS) is 46.5. The maximum atomic E-state index is 2.41. The Morgan fingerprint density at radius 3 is 1.42 bits per heavy atom. The smallest absolute Gasteiger partial charge is 0.0334 e. The highest BCUT2D eigenvalue weighted by atomic mass is 33.1. The second-order valence-electron chi connectivity index (χ2n) is 4.09. The van der Waals surface area contributed by atoms with Gasteiger partial charge in [-0.3, -0.25) is 0 Å². The molecular formula is C8H14S4. The Hall–Kier alpha value is 1.40. The van der Waals surface area contributed by atoms with Gasteiger partial charge in [-0.1, -0.05) is 43.2 Å². The summed E-state index contributed by atoms with van der Waals surface area (Å²) < 4.78 is 1.24. The van der Waals surface area contributed by atoms with E-state index < -0.39 is 0 Å². The molecule has 2 heterocycles. The van der Waals surface area contributed by atoms with Crippen LogP contribution in [0.5, 0.6) is 0 Å². The molecule has 2 aliphatic rings. The largest absolute Gasteiger partial charge is 0.0921 e. The molecule has 2 atom stereocenters. The van der Waals surface area contributed by atoms with Crippen LogP contribution in [0, 0.1) is 0 Å². The van der Waals surface area contributed by atoms with Gasteiger partial charge in [-0.25, -0.2) is 0 Å². The summed E-state index contributed by atoms with van der Waals surface area (Å²) >= 11 is 0. The molecule has 0 nitrogen and oxygen atoms in total. The monoisotopic (exact) mass is 238 g/mol. The van der Waals surface area contributed by atoms with Crippen LogP contribution in [0.4, 0.5) is 0 Å². The standard InChI is InChI=1S/C8H14S4/c1-7(5-9-11-7)3-4-8(2)6-10-12-8/h3-6H2,1-2H3. The van der Waals surface area contributed by atoms with Crippen molar-refractivity contribution in [1.82, 2.24) is 0 Å². The molecule has 0 saturated carbocycles. The van der Waals surface area contributed by atoms with Crippen molar-refractivity contribution in [3.8, 4) is 0 Å². The van der Waals surface area contributed by atoms with Gasteiger partial charge in [-0.2, -0.15) is 0 Å². The maximum Gasteiger partial charge on any atom is 0.0334 e. The first-order valence-corrected chi connectivity index (χ1v) is 8.87. The van der Waals surface area contributed by atoms with Crippen LogP contribution in [-0.4, -0.2) is 21.0 Å². The molecule has 70 valence electrons. The van der Waals surface area contributed by atoms with Crippen molar-refractivity contribution >= 4 is 43.2 Å². The summed E-state index contributed by atoms with van der Waals surface area (Å²) in [5, 5.41) is 0. The van der Waals surface area contributed by atoms with Gasteiger partial charge in [0, 0.05) is 21.0 Å². The van der Waals surface area contributed by atoms with Crippen molar-refractivity contribution in [1.29, 1.82) is 0 Å². The van der Waals surface area contributed by atoms with E-state index in [1.165, 1.54) is 24.3 Å². The fourth-order valence-electron chi connectivity index (χ4n) is 1.28. The summed E-state index contributed by atoms with van der Waals surface area (Å²) in [5.74, 6) is 2.73. The SMILES string of the molecule is CC1(CCC2(C)CSS2)CSS1. The molecule has 0 aromatic rings. The van der Waals surface area contributed by atoms with Crippen molar-refractivity contribution in [2.75, 3.05) is 11.5 Å². The van der Waals surface area contributed by atoms with Crippen LogP contribution in [0.25, 0.3) is 0 Å². The summed E-state index contributed by atoms with van der Waals surface area (Å²) in [7, 11) is 8.22. The van der Waals surface area contributed by atoms with E-state index in [1.54, 1.807) is 0 Å². The molecule has 4 heteroatoms. The molecular weight excluding hydrogens is 224 g/mol. The average Bonchev–Trinajstić information content (AvgIpc) is 1.93. The van der Waals surface area contributed by atoms with Gasteiger partial charge in [0.2, 0.25) is 0 Å². The number of hydrogen-bond acceptors (Lipinski definition) is 4. The first-order valence-electron chi connectivity index (χ1n) is 4.23. The van der Waals surface area contributed by atoms with Gasteiger partial charge in [0.05, 0.1) is 0 Å². The second-order valence-corrected chi connectivity index (χ2v) is 9.86. The van der Waals surface area contributed by atoms with Gasteiger partial charge < -0.3 is 0 Å². The molecule has 0 amide bonds. The minimum Gasteiger partial charge on any atom is -0.0921 e. The first kappa shape index (κ1) is 9.94. The minimum atomic E-state index is 0.620. The lowest BCUT2D eigenvalue weighted by Crippen LogP contribution is -2.36. The molecule has 2 rings (SSSR count). The molecule has 2 fully saturated rings. The molecule has 0 radical (unpaired) electrons. The zero-order chi connectivity index (χ0) is 8.66. The summed E-state index contributed by atoms with van der Waals surface area (Å²) in [4.78, 5) is 0. The maximum absolute atomic E-state index is 2.41. The molecule has 12 heavy (non-hydrogen) atoms. The lowest BCUT2D eigenvalue weighted by atomic mass is 9.99. The van der Waals surface area contributed by atoms with Crippen LogP contribution in [0.2, 0.25) is 0 Å². The zero-order valence-corrected chi connectivity index (χ0v) is 10.7. The first-order chi connectivity index (χ1) is 5.62. The summed E-state index contributed by atoms with van der Waals surface area (Å²) in [6.07, 6.45) is 2.82. The van der Waals surface area contributed by atoms with E-state index in [4.69, 9.17) is 0 Å². The summed E-state index contributed by atoms with van der Waals surface area (Å²) in [5.41, 5.74) is 0. The van der Waals surface area contributed by atoms with Gasteiger partial charge in [-0.15, -0.1) is 0 Å². The van der Waals surface area contributed by atoms with E-state index in [9.17, 15) is 0 Å². The highest BCUT2D eigenvalue weighted by Gasteiger charge is 2.39. The zero-order valence-electron chi connectivity index (χ0n) is 7.46. The quantitative estimate of drug-likeness (QED) is 0.679. The Balaban J connectivity index is 1.74. The average molecular weight is 238 g/mol. The molecule has 0 N–H and O–H groups in total. The van der Waals surface area contributed by atoms with Crippen molar-refractivity contribution < 1.29 is 0 Å². The van der Waals surface area contributed by atoms with Gasteiger partial charge in [-0.05, 0) is 26.7 Å². The Kier molecular flexibility index (Phi) is 2.91. The van der Waals surface area contributed by atoms with Crippen LogP contribution in [0.15, 0.2) is 0 Å². The topological polar surface area (TPSA) is 0 Å². The minimum absolute atomic E-state index is 0.620. The number of rotatable bonds is 3. The van der Waals surface area contributed by atoms with Gasteiger partial charge in [0.25, 0.3) is 0 Å². The van der Waals surface area contributed by atoms with E-state index in [0.717, 1.165) is 0 Å². The third kappa shape index (κ3) is 2.07. The van der Waals surface area contributed by atoms with E-state index in [-0.39, 0.29) is 0 Å². The van der Waals surface area contributed by atoms with Crippen LogP contribution < -0.4 is 0 Å². The van der Waals surface area contributed by atoms with Crippen molar-refractivity contribution in [2.24, 2.45) is 0 Å². The third-order valence-corrected chi connectivity index (χ3v) is 9.87. The predicted molar refractivity (Wildman–Crippen MR) is 66.1 cm³/mol. The Bertz CT molecular complexity index is 152. The van der Waals surface area contributed by atoms with Gasteiger partial charge in [0.15, 0.2) is 0 Å². The van der Waals surface area contributed by atoms with E-state index in [1.807, 2.05) is 21.6 Å². The lowest BCUT2D eigenvalue weighted by Gasteiger charge is -2.42. The fourth-order valence-corrected chi connectivity index (χ4v) is 6.60.